The largest absolute Gasteiger partial charge is 0.396 e. The lowest BCUT2D eigenvalue weighted by Crippen LogP contribution is -1.93. The molecule has 0 fully saturated rings. The quantitative estimate of drug-likeness (QED) is 0.672. The smallest absolute Gasteiger partial charge is 0.0434 e. The first kappa shape index (κ1) is 12.2. The Morgan fingerprint density at radius 1 is 0.800 bits per heavy atom. The minimum atomic E-state index is 0.259. The fourth-order valence-corrected chi connectivity index (χ4v) is 1.66. The van der Waals surface area contributed by atoms with Crippen molar-refractivity contribution in [2.75, 3.05) is 13.2 Å². The Morgan fingerprint density at radius 2 is 1.40 bits per heavy atom. The highest BCUT2D eigenvalue weighted by atomic mass is 16.3. The topological polar surface area (TPSA) is 40.5 Å². The summed E-state index contributed by atoms with van der Waals surface area (Å²) in [4.78, 5) is 0. The van der Waals surface area contributed by atoms with Crippen molar-refractivity contribution < 1.29 is 10.2 Å². The van der Waals surface area contributed by atoms with Crippen LogP contribution in [-0.4, -0.2) is 23.4 Å². The second-order valence-electron chi connectivity index (χ2n) is 3.83. The van der Waals surface area contributed by atoms with Crippen molar-refractivity contribution in [3.05, 3.63) is 35.4 Å². The second-order valence-corrected chi connectivity index (χ2v) is 3.83. The van der Waals surface area contributed by atoms with E-state index in [4.69, 9.17) is 10.2 Å². The van der Waals surface area contributed by atoms with Gasteiger partial charge in [-0.3, -0.25) is 0 Å². The maximum Gasteiger partial charge on any atom is 0.0434 e. The Morgan fingerprint density at radius 3 is 2.00 bits per heavy atom. The molecule has 0 heterocycles. The van der Waals surface area contributed by atoms with E-state index in [-0.39, 0.29) is 13.2 Å². The van der Waals surface area contributed by atoms with E-state index in [1.54, 1.807) is 0 Å². The van der Waals surface area contributed by atoms with Gasteiger partial charge in [-0.25, -0.2) is 0 Å². The van der Waals surface area contributed by atoms with E-state index >= 15 is 0 Å². The fourth-order valence-electron chi connectivity index (χ4n) is 1.66. The van der Waals surface area contributed by atoms with E-state index < -0.39 is 0 Å². The molecule has 15 heavy (non-hydrogen) atoms. The third-order valence-electron chi connectivity index (χ3n) is 2.49. The highest BCUT2D eigenvalue weighted by Crippen LogP contribution is 2.10. The zero-order valence-electron chi connectivity index (χ0n) is 9.15. The van der Waals surface area contributed by atoms with Crippen LogP contribution in [0.3, 0.4) is 0 Å². The molecule has 0 bridgehead atoms. The number of aryl methyl sites for hydroxylation is 2. The molecule has 1 rings (SSSR count). The highest BCUT2D eigenvalue weighted by molar-refractivity contribution is 5.23. The van der Waals surface area contributed by atoms with Crippen molar-refractivity contribution in [2.24, 2.45) is 0 Å². The van der Waals surface area contributed by atoms with Gasteiger partial charge in [0.2, 0.25) is 0 Å². The molecular weight excluding hydrogens is 188 g/mol. The van der Waals surface area contributed by atoms with Gasteiger partial charge in [-0.1, -0.05) is 24.3 Å². The Hall–Kier alpha value is -0.860. The van der Waals surface area contributed by atoms with Crippen LogP contribution in [0.1, 0.15) is 30.4 Å². The first-order chi connectivity index (χ1) is 7.36. The minimum Gasteiger partial charge on any atom is -0.396 e. The van der Waals surface area contributed by atoms with Crippen LogP contribution in [0, 0.1) is 0 Å². The Kier molecular flexibility index (Phi) is 6.05. The highest BCUT2D eigenvalue weighted by Gasteiger charge is 1.96. The van der Waals surface area contributed by atoms with Crippen LogP contribution in [0.15, 0.2) is 24.3 Å². The lowest BCUT2D eigenvalue weighted by atomic mass is 10.0. The van der Waals surface area contributed by atoms with Gasteiger partial charge in [0.1, 0.15) is 0 Å². The molecule has 0 aliphatic carbocycles. The molecule has 1 aromatic carbocycles. The summed E-state index contributed by atoms with van der Waals surface area (Å²) in [7, 11) is 0. The van der Waals surface area contributed by atoms with E-state index in [0.29, 0.717) is 0 Å². The van der Waals surface area contributed by atoms with Gasteiger partial charge in [-0.2, -0.15) is 0 Å². The molecule has 0 atom stereocenters. The van der Waals surface area contributed by atoms with Gasteiger partial charge in [-0.15, -0.1) is 0 Å². The molecule has 0 amide bonds. The van der Waals surface area contributed by atoms with Crippen LogP contribution < -0.4 is 0 Å². The SMILES string of the molecule is OCCCCc1cccc(CCCO)c1. The monoisotopic (exact) mass is 208 g/mol. The summed E-state index contributed by atoms with van der Waals surface area (Å²) < 4.78 is 0. The van der Waals surface area contributed by atoms with Crippen LogP contribution in [0.4, 0.5) is 0 Å². The van der Waals surface area contributed by atoms with Crippen molar-refractivity contribution in [1.29, 1.82) is 0 Å². The molecule has 1 aromatic rings. The molecular formula is C13H20O2. The molecule has 2 N–H and O–H groups in total. The average Bonchev–Trinajstić information content (AvgIpc) is 2.27. The lowest BCUT2D eigenvalue weighted by molar-refractivity contribution is 0.284. The number of aliphatic hydroxyl groups is 2. The van der Waals surface area contributed by atoms with Crippen molar-refractivity contribution >= 4 is 0 Å². The van der Waals surface area contributed by atoms with Crippen molar-refractivity contribution in [3.63, 3.8) is 0 Å². The molecule has 0 radical (unpaired) electrons. The molecule has 2 nitrogen and oxygen atoms in total. The molecule has 2 heteroatoms. The fraction of sp³-hybridized carbons (Fsp3) is 0.538. The number of rotatable bonds is 7. The third-order valence-corrected chi connectivity index (χ3v) is 2.49. The van der Waals surface area contributed by atoms with Gasteiger partial charge < -0.3 is 10.2 Å². The maximum absolute atomic E-state index is 8.74. The van der Waals surface area contributed by atoms with E-state index in [1.807, 2.05) is 0 Å². The molecule has 0 spiro atoms. The molecule has 0 aliphatic rings. The van der Waals surface area contributed by atoms with Gasteiger partial charge in [0.25, 0.3) is 0 Å². The zero-order valence-corrected chi connectivity index (χ0v) is 9.15. The Balaban J connectivity index is 2.42. The van der Waals surface area contributed by atoms with Crippen LogP contribution in [-0.2, 0) is 12.8 Å². The normalized spacial score (nSPS) is 10.5. The van der Waals surface area contributed by atoms with E-state index in [9.17, 15) is 0 Å². The van der Waals surface area contributed by atoms with Gasteiger partial charge in [0.15, 0.2) is 0 Å². The number of benzene rings is 1. The summed E-state index contributed by atoms with van der Waals surface area (Å²) in [6.45, 7) is 0.541. The van der Waals surface area contributed by atoms with E-state index in [2.05, 4.69) is 24.3 Å². The average molecular weight is 208 g/mol. The summed E-state index contributed by atoms with van der Waals surface area (Å²) in [5.74, 6) is 0. The van der Waals surface area contributed by atoms with Gasteiger partial charge in [0.05, 0.1) is 0 Å². The molecule has 0 aromatic heterocycles. The van der Waals surface area contributed by atoms with E-state index in [1.165, 1.54) is 11.1 Å². The first-order valence-corrected chi connectivity index (χ1v) is 5.66. The Labute approximate surface area is 91.6 Å². The summed E-state index contributed by atoms with van der Waals surface area (Å²) in [5, 5.41) is 17.4. The predicted octanol–water partition coefficient (Wildman–Crippen LogP) is 1.93. The minimum absolute atomic E-state index is 0.259. The van der Waals surface area contributed by atoms with Crippen LogP contribution in [0.2, 0.25) is 0 Å². The summed E-state index contributed by atoms with van der Waals surface area (Å²) >= 11 is 0. The molecule has 0 saturated heterocycles. The molecule has 84 valence electrons. The lowest BCUT2D eigenvalue weighted by Gasteiger charge is -2.04. The van der Waals surface area contributed by atoms with Gasteiger partial charge in [0, 0.05) is 13.2 Å². The standard InChI is InChI=1S/C13H20O2/c14-9-2-1-5-12-6-3-7-13(11-12)8-4-10-15/h3,6-7,11,14-15H,1-2,4-5,8-10H2. The maximum atomic E-state index is 8.74. The van der Waals surface area contributed by atoms with Gasteiger partial charge in [-0.05, 0) is 43.2 Å². The summed E-state index contributed by atoms with van der Waals surface area (Å²) in [6.07, 6.45) is 4.73. The molecule has 0 unspecified atom stereocenters. The Bertz CT molecular complexity index is 271. The number of hydrogen-bond acceptors (Lipinski definition) is 2. The third kappa shape index (κ3) is 4.96. The molecule has 0 saturated carbocycles. The van der Waals surface area contributed by atoms with Crippen molar-refractivity contribution in [1.82, 2.24) is 0 Å². The number of aliphatic hydroxyl groups excluding tert-OH is 2. The van der Waals surface area contributed by atoms with Crippen molar-refractivity contribution in [3.8, 4) is 0 Å². The first-order valence-electron chi connectivity index (χ1n) is 5.66. The zero-order chi connectivity index (χ0) is 10.9. The second kappa shape index (κ2) is 7.43. The number of hydrogen-bond donors (Lipinski definition) is 2. The van der Waals surface area contributed by atoms with Crippen molar-refractivity contribution in [2.45, 2.75) is 32.1 Å². The van der Waals surface area contributed by atoms with Crippen LogP contribution >= 0.6 is 0 Å². The van der Waals surface area contributed by atoms with Gasteiger partial charge >= 0.3 is 0 Å². The predicted molar refractivity (Wildman–Crippen MR) is 61.9 cm³/mol. The summed E-state index contributed by atoms with van der Waals surface area (Å²) in [6, 6.07) is 8.50. The van der Waals surface area contributed by atoms with Crippen LogP contribution in [0.25, 0.3) is 0 Å². The summed E-state index contributed by atoms with van der Waals surface area (Å²) in [5.41, 5.74) is 2.63. The van der Waals surface area contributed by atoms with Crippen LogP contribution in [0.5, 0.6) is 0 Å². The number of unbranched alkanes of at least 4 members (excludes halogenated alkanes) is 1. The molecule has 0 aliphatic heterocycles. The van der Waals surface area contributed by atoms with E-state index in [0.717, 1.165) is 32.1 Å².